The molecule has 0 unspecified atom stereocenters. The van der Waals surface area contributed by atoms with Gasteiger partial charge in [-0.05, 0) is 43.0 Å². The average Bonchev–Trinajstić information content (AvgIpc) is 3.12. The van der Waals surface area contributed by atoms with Crippen molar-refractivity contribution >= 4 is 22.0 Å². The summed E-state index contributed by atoms with van der Waals surface area (Å²) in [6.45, 7) is 0.345. The molecule has 0 atom stereocenters. The fourth-order valence-electron chi connectivity index (χ4n) is 2.13. The van der Waals surface area contributed by atoms with Crippen molar-refractivity contribution < 1.29 is 22.4 Å². The number of carbonyl (C=O) groups excluding carboxylic acids is 1. The lowest BCUT2D eigenvalue weighted by Gasteiger charge is -2.13. The summed E-state index contributed by atoms with van der Waals surface area (Å²) in [5.74, 6) is 0.675. The topological polar surface area (TPSA) is 88.9 Å². The van der Waals surface area contributed by atoms with Gasteiger partial charge in [-0.25, -0.2) is 13.1 Å². The van der Waals surface area contributed by atoms with E-state index in [1.165, 1.54) is 31.2 Å². The summed E-state index contributed by atoms with van der Waals surface area (Å²) in [6, 6.07) is 8.20. The normalized spacial score (nSPS) is 11.6. The highest BCUT2D eigenvalue weighted by atomic mass is 32.2. The van der Waals surface area contributed by atoms with Gasteiger partial charge in [0.05, 0.1) is 19.9 Å². The van der Waals surface area contributed by atoms with E-state index < -0.39 is 10.0 Å². The number of nitrogens with one attached hydrogen (secondary N) is 1. The molecule has 1 aromatic heterocycles. The second kappa shape index (κ2) is 8.00. The van der Waals surface area contributed by atoms with Crippen LogP contribution in [-0.2, 0) is 21.4 Å². The standard InChI is InChI=1S/C17H20N2O5S/c1-18-25(21,22)16-11-13(6-8-15(16)23-3)7-9-17(20)19(2)12-14-5-4-10-24-14/h4-11,18H,12H2,1-3H3/b9-7+. The number of carbonyl (C=O) groups is 1. The molecule has 0 saturated heterocycles. The third-order valence-corrected chi connectivity index (χ3v) is 4.95. The van der Waals surface area contributed by atoms with Crippen LogP contribution in [0.1, 0.15) is 11.3 Å². The van der Waals surface area contributed by atoms with Crippen LogP contribution in [0.3, 0.4) is 0 Å². The number of amides is 1. The molecule has 0 radical (unpaired) electrons. The third kappa shape index (κ3) is 4.71. The Hall–Kier alpha value is -2.58. The lowest BCUT2D eigenvalue weighted by molar-refractivity contribution is -0.125. The number of nitrogens with zero attached hydrogens (tertiary/aromatic N) is 1. The molecule has 0 aliphatic heterocycles. The minimum atomic E-state index is -3.67. The van der Waals surface area contributed by atoms with Gasteiger partial charge in [0.2, 0.25) is 15.9 Å². The largest absolute Gasteiger partial charge is 0.495 e. The number of furan rings is 1. The van der Waals surface area contributed by atoms with E-state index in [0.29, 0.717) is 17.9 Å². The van der Waals surface area contributed by atoms with Crippen molar-refractivity contribution in [3.8, 4) is 5.75 Å². The molecule has 7 nitrogen and oxygen atoms in total. The van der Waals surface area contributed by atoms with E-state index in [1.54, 1.807) is 43.7 Å². The molecule has 0 aliphatic carbocycles. The van der Waals surface area contributed by atoms with Gasteiger partial charge < -0.3 is 14.1 Å². The van der Waals surface area contributed by atoms with Crippen LogP contribution in [-0.4, -0.2) is 40.4 Å². The van der Waals surface area contributed by atoms with E-state index >= 15 is 0 Å². The monoisotopic (exact) mass is 364 g/mol. The summed E-state index contributed by atoms with van der Waals surface area (Å²) in [6.07, 6.45) is 4.47. The first-order valence-electron chi connectivity index (χ1n) is 7.44. The van der Waals surface area contributed by atoms with Gasteiger partial charge in [-0.2, -0.15) is 0 Å². The summed E-state index contributed by atoms with van der Waals surface area (Å²) < 4.78 is 36.6. The molecule has 1 aromatic carbocycles. The van der Waals surface area contributed by atoms with Crippen molar-refractivity contribution in [2.45, 2.75) is 11.4 Å². The second-order valence-corrected chi connectivity index (χ2v) is 7.08. The summed E-state index contributed by atoms with van der Waals surface area (Å²) >= 11 is 0. The van der Waals surface area contributed by atoms with Gasteiger partial charge in [0.15, 0.2) is 0 Å². The molecule has 0 bridgehead atoms. The van der Waals surface area contributed by atoms with Crippen LogP contribution >= 0.6 is 0 Å². The molecule has 8 heteroatoms. The number of hydrogen-bond acceptors (Lipinski definition) is 5. The highest BCUT2D eigenvalue weighted by Gasteiger charge is 2.17. The first-order chi connectivity index (χ1) is 11.9. The maximum atomic E-state index is 12.1. The second-order valence-electron chi connectivity index (χ2n) is 5.22. The molecule has 2 aromatic rings. The Morgan fingerprint density at radius 1 is 1.36 bits per heavy atom. The first-order valence-corrected chi connectivity index (χ1v) is 8.93. The maximum absolute atomic E-state index is 12.1. The predicted molar refractivity (Wildman–Crippen MR) is 93.5 cm³/mol. The van der Waals surface area contributed by atoms with Crippen molar-refractivity contribution in [2.24, 2.45) is 0 Å². The van der Waals surface area contributed by atoms with Crippen molar-refractivity contribution in [1.29, 1.82) is 0 Å². The van der Waals surface area contributed by atoms with E-state index in [1.807, 2.05) is 0 Å². The van der Waals surface area contributed by atoms with E-state index in [9.17, 15) is 13.2 Å². The Bertz CT molecular complexity index is 857. The van der Waals surface area contributed by atoms with Gasteiger partial charge in [-0.3, -0.25) is 4.79 Å². The number of ether oxygens (including phenoxy) is 1. The van der Waals surface area contributed by atoms with Crippen molar-refractivity contribution in [3.05, 3.63) is 54.0 Å². The molecule has 0 fully saturated rings. The SMILES string of the molecule is CNS(=O)(=O)c1cc(/C=C/C(=O)N(C)Cc2ccco2)ccc1OC. The van der Waals surface area contributed by atoms with E-state index in [4.69, 9.17) is 9.15 Å². The number of rotatable bonds is 7. The van der Waals surface area contributed by atoms with Crippen LogP contribution in [0.15, 0.2) is 52.0 Å². The first kappa shape index (κ1) is 18.8. The lowest BCUT2D eigenvalue weighted by Crippen LogP contribution is -2.23. The minimum absolute atomic E-state index is 0.0102. The van der Waals surface area contributed by atoms with Crippen LogP contribution in [0, 0.1) is 0 Å². The number of sulfonamides is 1. The van der Waals surface area contributed by atoms with Crippen LogP contribution < -0.4 is 9.46 Å². The van der Waals surface area contributed by atoms with Gasteiger partial charge in [0.25, 0.3) is 0 Å². The third-order valence-electron chi connectivity index (χ3n) is 3.51. The zero-order valence-electron chi connectivity index (χ0n) is 14.2. The van der Waals surface area contributed by atoms with Crippen molar-refractivity contribution in [1.82, 2.24) is 9.62 Å². The minimum Gasteiger partial charge on any atom is -0.495 e. The van der Waals surface area contributed by atoms with Gasteiger partial charge in [0, 0.05) is 13.1 Å². The molecule has 0 spiro atoms. The quantitative estimate of drug-likeness (QED) is 0.758. The van der Waals surface area contributed by atoms with Crippen LogP contribution in [0.2, 0.25) is 0 Å². The zero-order valence-corrected chi connectivity index (χ0v) is 15.0. The predicted octanol–water partition coefficient (Wildman–Crippen LogP) is 1.87. The summed E-state index contributed by atoms with van der Waals surface area (Å²) in [7, 11) is 0.703. The smallest absolute Gasteiger partial charge is 0.246 e. The molecule has 0 aliphatic rings. The Balaban J connectivity index is 2.17. The molecule has 2 rings (SSSR count). The number of likely N-dealkylation sites (N-methyl/N-ethyl adjacent to an activating group) is 1. The van der Waals surface area contributed by atoms with Gasteiger partial charge in [0.1, 0.15) is 16.4 Å². The van der Waals surface area contributed by atoms with E-state index in [2.05, 4.69) is 4.72 Å². The number of methoxy groups -OCH3 is 1. The highest BCUT2D eigenvalue weighted by Crippen LogP contribution is 2.25. The number of hydrogen-bond donors (Lipinski definition) is 1. The molecule has 1 heterocycles. The molecule has 1 amide bonds. The summed E-state index contributed by atoms with van der Waals surface area (Å²) in [5.41, 5.74) is 0.564. The lowest BCUT2D eigenvalue weighted by atomic mass is 10.2. The van der Waals surface area contributed by atoms with Crippen molar-refractivity contribution in [3.63, 3.8) is 0 Å². The zero-order chi connectivity index (χ0) is 18.4. The van der Waals surface area contributed by atoms with Gasteiger partial charge in [-0.1, -0.05) is 6.07 Å². The van der Waals surface area contributed by atoms with E-state index in [-0.39, 0.29) is 16.6 Å². The Labute approximate surface area is 146 Å². The summed E-state index contributed by atoms with van der Waals surface area (Å²) in [5, 5.41) is 0. The summed E-state index contributed by atoms with van der Waals surface area (Å²) in [4.78, 5) is 13.6. The molecular formula is C17H20N2O5S. The van der Waals surface area contributed by atoms with Crippen LogP contribution in [0.25, 0.3) is 6.08 Å². The van der Waals surface area contributed by atoms with Gasteiger partial charge in [-0.15, -0.1) is 0 Å². The molecule has 134 valence electrons. The fourth-order valence-corrected chi connectivity index (χ4v) is 3.05. The van der Waals surface area contributed by atoms with Crippen molar-refractivity contribution in [2.75, 3.05) is 21.2 Å². The van der Waals surface area contributed by atoms with Crippen LogP contribution in [0.5, 0.6) is 5.75 Å². The Morgan fingerprint density at radius 2 is 2.12 bits per heavy atom. The Morgan fingerprint density at radius 3 is 2.72 bits per heavy atom. The van der Waals surface area contributed by atoms with Gasteiger partial charge >= 0.3 is 0 Å². The van der Waals surface area contributed by atoms with Crippen LogP contribution in [0.4, 0.5) is 0 Å². The molecule has 1 N–H and O–H groups in total. The number of benzene rings is 1. The molecule has 0 saturated carbocycles. The molecule has 25 heavy (non-hydrogen) atoms. The highest BCUT2D eigenvalue weighted by molar-refractivity contribution is 7.89. The maximum Gasteiger partial charge on any atom is 0.246 e. The van der Waals surface area contributed by atoms with E-state index in [0.717, 1.165) is 0 Å². The Kier molecular flexibility index (Phi) is 6.00. The average molecular weight is 364 g/mol. The fraction of sp³-hybridized carbons (Fsp3) is 0.235. The molecular weight excluding hydrogens is 344 g/mol.